The number of carboxylic acids is 1. The van der Waals surface area contributed by atoms with Gasteiger partial charge in [-0.2, -0.15) is 0 Å². The number of aliphatic carboxylic acids is 1. The lowest BCUT2D eigenvalue weighted by atomic mass is 9.82. The number of benzene rings is 1. The molecule has 32 heavy (non-hydrogen) atoms. The number of hydrogen-bond acceptors (Lipinski definition) is 4. The maximum atomic E-state index is 12.7. The first-order valence-electron chi connectivity index (χ1n) is 11.2. The van der Waals surface area contributed by atoms with E-state index in [1.165, 1.54) is 0 Å². The molecule has 2 saturated carbocycles. The Labute approximate surface area is 191 Å². The Kier molecular flexibility index (Phi) is 5.82. The van der Waals surface area contributed by atoms with Crippen LogP contribution in [0, 0.1) is 11.8 Å². The molecule has 1 aromatic carbocycles. The summed E-state index contributed by atoms with van der Waals surface area (Å²) in [6.45, 7) is 1.40. The van der Waals surface area contributed by atoms with Crippen LogP contribution in [0.2, 0.25) is 5.02 Å². The van der Waals surface area contributed by atoms with Gasteiger partial charge in [-0.1, -0.05) is 29.8 Å². The fraction of sp³-hybridized carbons (Fsp3) is 0.440. The van der Waals surface area contributed by atoms with Gasteiger partial charge in [0.15, 0.2) is 0 Å². The van der Waals surface area contributed by atoms with Crippen molar-refractivity contribution in [3.05, 3.63) is 68.6 Å². The number of carboxylic acid groups (broad SMARTS) is 1. The van der Waals surface area contributed by atoms with Crippen molar-refractivity contribution in [1.82, 2.24) is 4.98 Å². The molecule has 2 heterocycles. The van der Waals surface area contributed by atoms with Crippen LogP contribution in [0.3, 0.4) is 0 Å². The molecule has 3 fully saturated rings. The van der Waals surface area contributed by atoms with Crippen molar-refractivity contribution in [2.45, 2.75) is 44.1 Å². The molecule has 1 atom stereocenters. The number of aromatic nitrogens is 1. The molecule has 0 spiro atoms. The highest BCUT2D eigenvalue weighted by Crippen LogP contribution is 2.39. The summed E-state index contributed by atoms with van der Waals surface area (Å²) in [5.41, 5.74) is 3.41. The first kappa shape index (κ1) is 21.3. The summed E-state index contributed by atoms with van der Waals surface area (Å²) in [6.07, 6.45) is 6.12. The molecular formula is C25H26ClNO5. The molecule has 2 aliphatic carbocycles. The van der Waals surface area contributed by atoms with Gasteiger partial charge in [0.05, 0.1) is 17.5 Å². The molecule has 0 bridgehead atoms. The van der Waals surface area contributed by atoms with Crippen LogP contribution in [-0.4, -0.2) is 35.4 Å². The summed E-state index contributed by atoms with van der Waals surface area (Å²) in [5.74, 6) is 0.0940. The third-order valence-corrected chi connectivity index (χ3v) is 6.89. The zero-order valence-corrected chi connectivity index (χ0v) is 18.4. The van der Waals surface area contributed by atoms with Crippen LogP contribution in [0.15, 0.2) is 41.2 Å². The van der Waals surface area contributed by atoms with Crippen molar-refractivity contribution in [2.75, 3.05) is 13.2 Å². The molecule has 5 rings (SSSR count). The predicted octanol–water partition coefficient (Wildman–Crippen LogP) is 4.62. The maximum Gasteiger partial charge on any atom is 0.306 e. The second kappa shape index (κ2) is 8.75. The van der Waals surface area contributed by atoms with Crippen molar-refractivity contribution in [1.29, 1.82) is 0 Å². The van der Waals surface area contributed by atoms with E-state index < -0.39 is 5.97 Å². The molecule has 168 valence electrons. The molecule has 3 aliphatic rings. The molecule has 1 saturated heterocycles. The largest absolute Gasteiger partial charge is 0.489 e. The second-order valence-electron chi connectivity index (χ2n) is 9.03. The van der Waals surface area contributed by atoms with Gasteiger partial charge in [0.25, 0.3) is 5.56 Å². The van der Waals surface area contributed by atoms with E-state index in [9.17, 15) is 9.59 Å². The fourth-order valence-electron chi connectivity index (χ4n) is 4.43. The van der Waals surface area contributed by atoms with Gasteiger partial charge in [-0.05, 0) is 61.8 Å². The molecule has 0 amide bonds. The molecule has 0 unspecified atom stereocenters. The average molecular weight is 456 g/mol. The van der Waals surface area contributed by atoms with Crippen LogP contribution >= 0.6 is 11.6 Å². The lowest BCUT2D eigenvalue weighted by Gasteiger charge is -2.32. The van der Waals surface area contributed by atoms with Crippen LogP contribution in [0.5, 0.6) is 5.75 Å². The number of nitrogens with one attached hydrogen (secondary N) is 1. The molecule has 7 heteroatoms. The highest BCUT2D eigenvalue weighted by molar-refractivity contribution is 6.32. The Morgan fingerprint density at radius 3 is 2.62 bits per heavy atom. The van der Waals surface area contributed by atoms with E-state index in [4.69, 9.17) is 26.2 Å². The first-order valence-corrected chi connectivity index (χ1v) is 11.6. The Balaban J connectivity index is 1.41. The number of H-pyrrole nitrogens is 1. The van der Waals surface area contributed by atoms with Crippen molar-refractivity contribution in [3.8, 4) is 5.75 Å². The minimum atomic E-state index is -0.779. The number of halogens is 1. The fourth-order valence-corrected chi connectivity index (χ4v) is 4.65. The molecular weight excluding hydrogens is 430 g/mol. The summed E-state index contributed by atoms with van der Waals surface area (Å²) in [6, 6.07) is 9.53. The molecule has 1 aliphatic heterocycles. The molecule has 1 aromatic heterocycles. The highest BCUT2D eigenvalue weighted by Gasteiger charge is 2.36. The van der Waals surface area contributed by atoms with Gasteiger partial charge in [0, 0.05) is 29.4 Å². The van der Waals surface area contributed by atoms with Crippen LogP contribution < -0.4 is 10.3 Å². The van der Waals surface area contributed by atoms with Gasteiger partial charge < -0.3 is 19.6 Å². The van der Waals surface area contributed by atoms with Crippen molar-refractivity contribution in [3.63, 3.8) is 0 Å². The minimum absolute atomic E-state index is 0.0254. The molecule has 0 radical (unpaired) electrons. The smallest absolute Gasteiger partial charge is 0.306 e. The number of aromatic amines is 1. The lowest BCUT2D eigenvalue weighted by Crippen LogP contribution is -2.38. The van der Waals surface area contributed by atoms with Crippen molar-refractivity contribution in [2.24, 2.45) is 11.8 Å². The quantitative estimate of drug-likeness (QED) is 0.636. The third kappa shape index (κ3) is 4.48. The highest BCUT2D eigenvalue weighted by atomic mass is 35.5. The number of rotatable bonds is 7. The molecule has 2 aromatic rings. The summed E-state index contributed by atoms with van der Waals surface area (Å²) in [7, 11) is 0. The van der Waals surface area contributed by atoms with Crippen LogP contribution in [0.4, 0.5) is 0 Å². The van der Waals surface area contributed by atoms with Gasteiger partial charge in [-0.15, -0.1) is 0 Å². The van der Waals surface area contributed by atoms with Gasteiger partial charge >= 0.3 is 5.97 Å². The van der Waals surface area contributed by atoms with Crippen LogP contribution in [-0.2, 0) is 9.53 Å². The van der Waals surface area contributed by atoms with Gasteiger partial charge in [0.1, 0.15) is 11.9 Å². The zero-order valence-electron chi connectivity index (χ0n) is 17.7. The van der Waals surface area contributed by atoms with Crippen LogP contribution in [0.1, 0.15) is 54.8 Å². The Bertz CT molecular complexity index is 1110. The molecule has 6 nitrogen and oxygen atoms in total. The summed E-state index contributed by atoms with van der Waals surface area (Å²) >= 11 is 6.54. The Morgan fingerprint density at radius 1 is 1.19 bits per heavy atom. The van der Waals surface area contributed by atoms with E-state index in [0.29, 0.717) is 36.1 Å². The van der Waals surface area contributed by atoms with E-state index in [-0.39, 0.29) is 23.5 Å². The standard InChI is InChI=1S/C25H26ClNO5/c26-21-12-16(3-6-23(21)32-18-10-17(11-18)25(29)30)20(9-14-7-8-31-13-14)22-5-4-19(15-1-2-15)24(28)27-22/h3-6,9,12,14-15,17-18H,1-2,7-8,10-11,13H2,(H,27,28)(H,29,30)/b20-9+/t14-,17?,18?/m1/s1. The van der Waals surface area contributed by atoms with E-state index >= 15 is 0 Å². The van der Waals surface area contributed by atoms with Gasteiger partial charge in [-0.25, -0.2) is 0 Å². The number of pyridine rings is 1. The Morgan fingerprint density at radius 2 is 2.00 bits per heavy atom. The minimum Gasteiger partial charge on any atom is -0.489 e. The predicted molar refractivity (Wildman–Crippen MR) is 121 cm³/mol. The van der Waals surface area contributed by atoms with Gasteiger partial charge in [-0.3, -0.25) is 9.59 Å². The Hall–Kier alpha value is -2.57. The van der Waals surface area contributed by atoms with E-state index in [2.05, 4.69) is 11.1 Å². The zero-order chi connectivity index (χ0) is 22.2. The summed E-state index contributed by atoms with van der Waals surface area (Å²) in [5, 5.41) is 9.51. The van der Waals surface area contributed by atoms with E-state index in [0.717, 1.165) is 48.3 Å². The normalized spacial score (nSPS) is 25.4. The van der Waals surface area contributed by atoms with E-state index in [1.54, 1.807) is 0 Å². The van der Waals surface area contributed by atoms with E-state index in [1.807, 2.05) is 30.3 Å². The SMILES string of the molecule is O=C(O)C1CC(Oc2ccc(/C(=C\[C@H]3CCOC3)c3ccc(C4CC4)c(=O)[nH]3)cc2Cl)C1. The lowest BCUT2D eigenvalue weighted by molar-refractivity contribution is -0.147. The summed E-state index contributed by atoms with van der Waals surface area (Å²) in [4.78, 5) is 26.7. The van der Waals surface area contributed by atoms with Crippen molar-refractivity contribution >= 4 is 23.1 Å². The van der Waals surface area contributed by atoms with Crippen LogP contribution in [0.25, 0.3) is 5.57 Å². The summed E-state index contributed by atoms with van der Waals surface area (Å²) < 4.78 is 11.4. The average Bonchev–Trinajstić information content (AvgIpc) is 3.44. The van der Waals surface area contributed by atoms with Crippen molar-refractivity contribution < 1.29 is 19.4 Å². The number of ether oxygens (including phenoxy) is 2. The maximum absolute atomic E-state index is 12.7. The number of carbonyl (C=O) groups is 1. The third-order valence-electron chi connectivity index (χ3n) is 6.60. The topological polar surface area (TPSA) is 88.6 Å². The first-order chi connectivity index (χ1) is 15.5. The van der Waals surface area contributed by atoms with Gasteiger partial charge in [0.2, 0.25) is 0 Å². The second-order valence-corrected chi connectivity index (χ2v) is 9.43. The molecule has 2 N–H and O–H groups in total. The number of hydrogen-bond donors (Lipinski definition) is 2. The monoisotopic (exact) mass is 455 g/mol.